The van der Waals surface area contributed by atoms with E-state index >= 15 is 0 Å². The minimum atomic E-state index is -1.04. The lowest BCUT2D eigenvalue weighted by atomic mass is 10.1. The summed E-state index contributed by atoms with van der Waals surface area (Å²) in [6.45, 7) is 1.94. The zero-order valence-electron chi connectivity index (χ0n) is 18.0. The third-order valence-corrected chi connectivity index (χ3v) is 5.59. The number of rotatable bonds is 6. The van der Waals surface area contributed by atoms with Crippen LogP contribution in [0.15, 0.2) is 65.7 Å². The Hall–Kier alpha value is -4.18. The van der Waals surface area contributed by atoms with Crippen LogP contribution in [0.25, 0.3) is 27.6 Å². The molecule has 8 nitrogen and oxygen atoms in total. The van der Waals surface area contributed by atoms with Crippen LogP contribution in [0.2, 0.25) is 0 Å². The highest BCUT2D eigenvalue weighted by molar-refractivity contribution is 5.81. The molecule has 1 atom stereocenters. The van der Waals surface area contributed by atoms with E-state index in [0.717, 1.165) is 28.6 Å². The number of benzene rings is 2. The zero-order valence-corrected chi connectivity index (χ0v) is 18.0. The maximum Gasteiger partial charge on any atom is 0.282 e. The Labute approximate surface area is 191 Å². The molecule has 0 aliphatic heterocycles. The molecular weight excluding hydrogens is 444 g/mol. The first-order valence-electron chi connectivity index (χ1n) is 10.5. The third-order valence-electron chi connectivity index (χ3n) is 5.59. The summed E-state index contributed by atoms with van der Waals surface area (Å²) in [5.74, 6) is -1.50. The maximum atomic E-state index is 13.8. The molecule has 2 aromatic carbocycles. The minimum absolute atomic E-state index is 0.101. The number of hydrogen-bond acceptors (Lipinski definition) is 6. The molecule has 3 aromatic heterocycles. The van der Waals surface area contributed by atoms with E-state index in [4.69, 9.17) is 9.84 Å². The molecule has 10 heteroatoms. The molecule has 0 bridgehead atoms. The molecule has 0 aliphatic carbocycles. The predicted molar refractivity (Wildman–Crippen MR) is 121 cm³/mol. The van der Waals surface area contributed by atoms with Crippen LogP contribution in [0.5, 0.6) is 5.75 Å². The van der Waals surface area contributed by atoms with Gasteiger partial charge in [-0.3, -0.25) is 14.3 Å². The van der Waals surface area contributed by atoms with Crippen molar-refractivity contribution in [3.05, 3.63) is 88.5 Å². The van der Waals surface area contributed by atoms with Crippen molar-refractivity contribution in [2.24, 2.45) is 0 Å². The third kappa shape index (κ3) is 3.77. The topological polar surface area (TPSA) is 95.1 Å². The van der Waals surface area contributed by atoms with Gasteiger partial charge in [0.25, 0.3) is 5.56 Å². The molecule has 5 aromatic rings. The van der Waals surface area contributed by atoms with Crippen LogP contribution in [-0.2, 0) is 0 Å². The molecule has 0 fully saturated rings. The second-order valence-corrected chi connectivity index (χ2v) is 7.73. The van der Waals surface area contributed by atoms with Gasteiger partial charge in [-0.05, 0) is 48.9 Å². The molecule has 0 unspecified atom stereocenters. The fourth-order valence-corrected chi connectivity index (χ4v) is 3.84. The number of nitrogens with zero attached hydrogens (tertiary/aromatic N) is 5. The molecule has 1 N–H and O–H groups in total. The van der Waals surface area contributed by atoms with Crippen LogP contribution in [0, 0.1) is 11.6 Å². The minimum Gasteiger partial charge on any atom is -0.490 e. The second-order valence-electron chi connectivity index (χ2n) is 7.73. The van der Waals surface area contributed by atoms with E-state index in [9.17, 15) is 13.6 Å². The van der Waals surface area contributed by atoms with Crippen molar-refractivity contribution >= 4 is 21.9 Å². The Morgan fingerprint density at radius 3 is 2.71 bits per heavy atom. The normalized spacial score (nSPS) is 12.4. The lowest BCUT2D eigenvalue weighted by Gasteiger charge is -2.14. The number of halogens is 2. The van der Waals surface area contributed by atoms with Crippen molar-refractivity contribution in [2.45, 2.75) is 13.0 Å². The number of pyridine rings is 2. The molecule has 0 saturated carbocycles. The number of hydrogen-bond donors (Lipinski definition) is 1. The molecule has 172 valence electrons. The monoisotopic (exact) mass is 463 g/mol. The summed E-state index contributed by atoms with van der Waals surface area (Å²) < 4.78 is 35.3. The summed E-state index contributed by atoms with van der Waals surface area (Å²) in [5.41, 5.74) is 1.97. The molecule has 34 heavy (non-hydrogen) atoms. The Bertz CT molecular complexity index is 1580. The van der Waals surface area contributed by atoms with E-state index in [1.807, 2.05) is 31.2 Å². The van der Waals surface area contributed by atoms with Gasteiger partial charge in [0.05, 0.1) is 30.0 Å². The van der Waals surface area contributed by atoms with Gasteiger partial charge in [0, 0.05) is 17.6 Å². The van der Waals surface area contributed by atoms with Crippen LogP contribution >= 0.6 is 0 Å². The smallest absolute Gasteiger partial charge is 0.282 e. The van der Waals surface area contributed by atoms with E-state index in [2.05, 4.69) is 15.3 Å². The number of ether oxygens (including phenoxy) is 1. The summed E-state index contributed by atoms with van der Waals surface area (Å²) in [6.07, 6.45) is 3.05. The summed E-state index contributed by atoms with van der Waals surface area (Å²) in [6, 6.07) is 12.0. The fraction of sp³-hybridized carbons (Fsp3) is 0.167. The first-order valence-corrected chi connectivity index (χ1v) is 10.5. The maximum absolute atomic E-state index is 13.8. The fourth-order valence-electron chi connectivity index (χ4n) is 3.84. The highest BCUT2D eigenvalue weighted by Crippen LogP contribution is 2.26. The number of aliphatic hydroxyl groups excluding tert-OH is 1. The summed E-state index contributed by atoms with van der Waals surface area (Å²) in [4.78, 5) is 17.7. The van der Waals surface area contributed by atoms with E-state index in [-0.39, 0.29) is 30.5 Å². The predicted octanol–water partition coefficient (Wildman–Crippen LogP) is 3.39. The molecule has 5 rings (SSSR count). The quantitative estimate of drug-likeness (QED) is 0.415. The molecule has 0 aliphatic rings. The highest BCUT2D eigenvalue weighted by Gasteiger charge is 2.18. The first kappa shape index (κ1) is 21.7. The molecular formula is C24H19F2N5O3. The van der Waals surface area contributed by atoms with Crippen LogP contribution in [0.4, 0.5) is 8.78 Å². The lowest BCUT2D eigenvalue weighted by Crippen LogP contribution is -2.22. The Balaban J connectivity index is 1.58. The van der Waals surface area contributed by atoms with E-state index in [0.29, 0.717) is 11.3 Å². The Morgan fingerprint density at radius 2 is 1.91 bits per heavy atom. The van der Waals surface area contributed by atoms with E-state index in [1.54, 1.807) is 12.3 Å². The lowest BCUT2D eigenvalue weighted by molar-refractivity contribution is 0.201. The number of fused-ring (bicyclic) bond motifs is 2. The SMILES string of the molecule is C[C@H](c1ccc2ncc(OCCO)cc2c1)n1nnc2ccn(-c3ccc(F)c(F)c3)c(=O)c21. The van der Waals surface area contributed by atoms with Gasteiger partial charge in [-0.2, -0.15) is 0 Å². The summed E-state index contributed by atoms with van der Waals surface area (Å²) in [5, 5.41) is 18.1. The first-order chi connectivity index (χ1) is 16.5. The van der Waals surface area contributed by atoms with Gasteiger partial charge in [0.2, 0.25) is 0 Å². The Morgan fingerprint density at radius 1 is 1.06 bits per heavy atom. The summed E-state index contributed by atoms with van der Waals surface area (Å²) >= 11 is 0. The van der Waals surface area contributed by atoms with Crippen LogP contribution < -0.4 is 10.3 Å². The average molecular weight is 463 g/mol. The number of aromatic nitrogens is 5. The molecule has 0 spiro atoms. The van der Waals surface area contributed by atoms with Crippen molar-refractivity contribution in [2.75, 3.05) is 13.2 Å². The van der Waals surface area contributed by atoms with E-state index in [1.165, 1.54) is 21.5 Å². The molecule has 0 saturated heterocycles. The van der Waals surface area contributed by atoms with Gasteiger partial charge < -0.3 is 9.84 Å². The average Bonchev–Trinajstić information content (AvgIpc) is 3.29. The standard InChI is InChI=1S/C24H19F2N5O3/c1-14(15-2-5-21-16(10-15)11-18(13-27-21)34-9-8-32)31-23-22(28-29-31)6-7-30(24(23)33)17-3-4-19(25)20(26)12-17/h2-7,10-14,32H,8-9H2,1H3/t14-/m1/s1. The van der Waals surface area contributed by atoms with Gasteiger partial charge in [0.15, 0.2) is 17.2 Å². The van der Waals surface area contributed by atoms with Gasteiger partial charge in [-0.1, -0.05) is 11.3 Å². The van der Waals surface area contributed by atoms with Crippen LogP contribution in [0.3, 0.4) is 0 Å². The zero-order chi connectivity index (χ0) is 23.8. The second kappa shape index (κ2) is 8.64. The molecule has 0 amide bonds. The Kier molecular flexibility index (Phi) is 5.50. The summed E-state index contributed by atoms with van der Waals surface area (Å²) in [7, 11) is 0. The van der Waals surface area contributed by atoms with Gasteiger partial charge in [-0.15, -0.1) is 5.10 Å². The van der Waals surface area contributed by atoms with Crippen molar-refractivity contribution in [1.29, 1.82) is 0 Å². The van der Waals surface area contributed by atoms with Gasteiger partial charge in [-0.25, -0.2) is 13.5 Å². The van der Waals surface area contributed by atoms with Gasteiger partial charge in [0.1, 0.15) is 17.9 Å². The van der Waals surface area contributed by atoms with Crippen molar-refractivity contribution in [3.8, 4) is 11.4 Å². The highest BCUT2D eigenvalue weighted by atomic mass is 19.2. The van der Waals surface area contributed by atoms with E-state index < -0.39 is 17.2 Å². The molecule has 3 heterocycles. The van der Waals surface area contributed by atoms with Crippen molar-refractivity contribution in [3.63, 3.8) is 0 Å². The van der Waals surface area contributed by atoms with Crippen molar-refractivity contribution in [1.82, 2.24) is 24.5 Å². The van der Waals surface area contributed by atoms with Crippen LogP contribution in [-0.4, -0.2) is 42.9 Å². The largest absolute Gasteiger partial charge is 0.490 e. The van der Waals surface area contributed by atoms with Crippen LogP contribution in [0.1, 0.15) is 18.5 Å². The number of aliphatic hydroxyl groups is 1. The van der Waals surface area contributed by atoms with Crippen molar-refractivity contribution < 1.29 is 18.6 Å². The molecule has 0 radical (unpaired) electrons. The van der Waals surface area contributed by atoms with Gasteiger partial charge >= 0.3 is 0 Å².